The van der Waals surface area contributed by atoms with Crippen LogP contribution in [0.4, 0.5) is 29.2 Å². The number of rotatable bonds is 7. The van der Waals surface area contributed by atoms with E-state index in [1.165, 1.54) is 32.4 Å². The molecule has 3 fully saturated rings. The first-order valence-corrected chi connectivity index (χ1v) is 15.1. The Labute approximate surface area is 245 Å². The normalized spacial score (nSPS) is 18.5. The number of phenols is 1. The van der Waals surface area contributed by atoms with Gasteiger partial charge in [0.2, 0.25) is 17.8 Å². The summed E-state index contributed by atoms with van der Waals surface area (Å²) in [6.45, 7) is 6.16. The summed E-state index contributed by atoms with van der Waals surface area (Å²) in [6.07, 6.45) is 8.34. The van der Waals surface area contributed by atoms with E-state index in [1.807, 2.05) is 0 Å². The fourth-order valence-corrected chi connectivity index (χ4v) is 6.09. The van der Waals surface area contributed by atoms with Gasteiger partial charge in [0.05, 0.1) is 5.69 Å². The monoisotopic (exact) mass is 576 g/mol. The minimum atomic E-state index is -0.334. The van der Waals surface area contributed by atoms with Crippen molar-refractivity contribution in [2.45, 2.75) is 51.0 Å². The number of carbonyl (C=O) groups is 1. The molecule has 10 nitrogen and oxygen atoms in total. The van der Waals surface area contributed by atoms with Gasteiger partial charge in [0.1, 0.15) is 5.75 Å². The summed E-state index contributed by atoms with van der Waals surface area (Å²) in [5.41, 5.74) is 1.37. The molecule has 3 aromatic rings. The van der Waals surface area contributed by atoms with Gasteiger partial charge in [-0.1, -0.05) is 11.6 Å². The lowest BCUT2D eigenvalue weighted by molar-refractivity contribution is 0.102. The SMILES string of the molecule is O=C(Nc1ccc(Nc2nc(N3CCCCC3)nc(N3CCC(N4CCCC4)CC3)n2)cc1O)c1ccc(Cl)cc1. The molecule has 11 heteroatoms. The van der Waals surface area contributed by atoms with Crippen LogP contribution < -0.4 is 20.4 Å². The van der Waals surface area contributed by atoms with Gasteiger partial charge in [-0.25, -0.2) is 0 Å². The molecule has 1 aromatic heterocycles. The van der Waals surface area contributed by atoms with Crippen LogP contribution in [0.2, 0.25) is 5.02 Å². The topological polar surface area (TPSA) is 110 Å². The largest absolute Gasteiger partial charge is 0.506 e. The number of benzene rings is 2. The van der Waals surface area contributed by atoms with Gasteiger partial charge in [-0.3, -0.25) is 4.79 Å². The number of likely N-dealkylation sites (tertiary alicyclic amines) is 1. The quantitative estimate of drug-likeness (QED) is 0.323. The molecule has 6 rings (SSSR count). The summed E-state index contributed by atoms with van der Waals surface area (Å²) in [5.74, 6) is 1.43. The van der Waals surface area contributed by atoms with Crippen molar-refractivity contribution in [2.75, 3.05) is 59.7 Å². The number of carbonyl (C=O) groups excluding carboxylic acids is 1. The summed E-state index contributed by atoms with van der Waals surface area (Å²) in [7, 11) is 0. The van der Waals surface area contributed by atoms with E-state index in [1.54, 1.807) is 42.5 Å². The Hall–Kier alpha value is -3.63. The Balaban J connectivity index is 1.18. The van der Waals surface area contributed by atoms with Crippen LogP contribution in [0.3, 0.4) is 0 Å². The van der Waals surface area contributed by atoms with Crippen LogP contribution in [-0.4, -0.2) is 76.2 Å². The van der Waals surface area contributed by atoms with Crippen molar-refractivity contribution in [1.82, 2.24) is 19.9 Å². The summed E-state index contributed by atoms with van der Waals surface area (Å²) in [5, 5.41) is 17.3. The molecule has 3 aliphatic heterocycles. The van der Waals surface area contributed by atoms with E-state index in [-0.39, 0.29) is 11.7 Å². The van der Waals surface area contributed by atoms with Crippen molar-refractivity contribution in [3.63, 3.8) is 0 Å². The maximum atomic E-state index is 12.6. The van der Waals surface area contributed by atoms with E-state index in [0.29, 0.717) is 45.8 Å². The van der Waals surface area contributed by atoms with Crippen molar-refractivity contribution >= 4 is 46.7 Å². The molecule has 41 heavy (non-hydrogen) atoms. The molecule has 1 amide bonds. The number of anilines is 5. The first-order valence-electron chi connectivity index (χ1n) is 14.7. The number of aromatic nitrogens is 3. The zero-order valence-corrected chi connectivity index (χ0v) is 24.0. The Morgan fingerprint density at radius 3 is 2.10 bits per heavy atom. The first-order chi connectivity index (χ1) is 20.0. The predicted molar refractivity (Wildman–Crippen MR) is 163 cm³/mol. The van der Waals surface area contributed by atoms with Gasteiger partial charge >= 0.3 is 0 Å². The highest BCUT2D eigenvalue weighted by atomic mass is 35.5. The van der Waals surface area contributed by atoms with Crippen molar-refractivity contribution in [1.29, 1.82) is 0 Å². The lowest BCUT2D eigenvalue weighted by Crippen LogP contribution is -2.44. The molecule has 2 aromatic carbocycles. The molecule has 0 unspecified atom stereocenters. The molecule has 0 aliphatic carbocycles. The minimum Gasteiger partial charge on any atom is -0.506 e. The van der Waals surface area contributed by atoms with E-state index in [2.05, 4.69) is 25.3 Å². The average Bonchev–Trinajstić information content (AvgIpc) is 3.55. The van der Waals surface area contributed by atoms with E-state index < -0.39 is 0 Å². The molecule has 4 heterocycles. The molecule has 0 saturated carbocycles. The Bertz CT molecular complexity index is 1350. The second kappa shape index (κ2) is 12.5. The molecular weight excluding hydrogens is 540 g/mol. The highest BCUT2D eigenvalue weighted by Gasteiger charge is 2.28. The molecule has 0 radical (unpaired) electrons. The number of aromatic hydroxyl groups is 1. The third kappa shape index (κ3) is 6.65. The third-order valence-corrected chi connectivity index (χ3v) is 8.52. The minimum absolute atomic E-state index is 0.0631. The summed E-state index contributed by atoms with van der Waals surface area (Å²) in [4.78, 5) is 34.3. The summed E-state index contributed by atoms with van der Waals surface area (Å²) >= 11 is 5.92. The highest BCUT2D eigenvalue weighted by Crippen LogP contribution is 2.30. The lowest BCUT2D eigenvalue weighted by Gasteiger charge is -2.37. The van der Waals surface area contributed by atoms with Crippen LogP contribution in [0, 0.1) is 0 Å². The second-order valence-corrected chi connectivity index (χ2v) is 11.5. The molecule has 216 valence electrons. The average molecular weight is 577 g/mol. The van der Waals surface area contributed by atoms with Crippen molar-refractivity contribution < 1.29 is 9.90 Å². The molecule has 3 aliphatic rings. The van der Waals surface area contributed by atoms with Gasteiger partial charge in [0, 0.05) is 54.6 Å². The number of hydrogen-bond donors (Lipinski definition) is 3. The number of piperidine rings is 2. The maximum absolute atomic E-state index is 12.6. The number of halogens is 1. The van der Waals surface area contributed by atoms with Gasteiger partial charge in [-0.05, 0) is 94.4 Å². The summed E-state index contributed by atoms with van der Waals surface area (Å²) < 4.78 is 0. The molecular formula is C30H37ClN8O2. The van der Waals surface area contributed by atoms with Gasteiger partial charge in [-0.15, -0.1) is 0 Å². The smallest absolute Gasteiger partial charge is 0.255 e. The van der Waals surface area contributed by atoms with Crippen LogP contribution in [0.5, 0.6) is 5.75 Å². The van der Waals surface area contributed by atoms with Gasteiger partial charge in [-0.2, -0.15) is 15.0 Å². The lowest BCUT2D eigenvalue weighted by atomic mass is 10.0. The van der Waals surface area contributed by atoms with E-state index in [4.69, 9.17) is 26.6 Å². The fraction of sp³-hybridized carbons (Fsp3) is 0.467. The van der Waals surface area contributed by atoms with E-state index >= 15 is 0 Å². The number of nitrogens with one attached hydrogen (secondary N) is 2. The van der Waals surface area contributed by atoms with E-state index in [9.17, 15) is 9.90 Å². The fourth-order valence-electron chi connectivity index (χ4n) is 5.96. The Morgan fingerprint density at radius 2 is 1.44 bits per heavy atom. The zero-order valence-electron chi connectivity index (χ0n) is 23.2. The van der Waals surface area contributed by atoms with Crippen LogP contribution >= 0.6 is 11.6 Å². The zero-order chi connectivity index (χ0) is 28.2. The van der Waals surface area contributed by atoms with Crippen LogP contribution in [0.15, 0.2) is 42.5 Å². The molecule has 3 N–H and O–H groups in total. The molecule has 0 atom stereocenters. The first kappa shape index (κ1) is 27.5. The maximum Gasteiger partial charge on any atom is 0.255 e. The van der Waals surface area contributed by atoms with Crippen molar-refractivity contribution in [3.8, 4) is 5.75 Å². The third-order valence-electron chi connectivity index (χ3n) is 8.26. The number of phenolic OH excluding ortho intramolecular Hbond substituents is 1. The van der Waals surface area contributed by atoms with Crippen LogP contribution in [0.1, 0.15) is 55.3 Å². The van der Waals surface area contributed by atoms with Crippen molar-refractivity contribution in [3.05, 3.63) is 53.1 Å². The Morgan fingerprint density at radius 1 is 0.805 bits per heavy atom. The van der Waals surface area contributed by atoms with Gasteiger partial charge in [0.25, 0.3) is 5.91 Å². The number of nitrogens with zero attached hydrogens (tertiary/aromatic N) is 6. The summed E-state index contributed by atoms with van der Waals surface area (Å²) in [6, 6.07) is 12.2. The molecule has 3 saturated heterocycles. The number of hydrogen-bond acceptors (Lipinski definition) is 9. The standard InChI is InChI=1S/C30H37ClN8O2/c31-22-8-6-21(7-9-22)27(41)33-25-11-10-23(20-26(25)40)32-28-34-29(38-16-2-1-3-17-38)36-30(35-28)39-18-12-24(13-19-39)37-14-4-5-15-37/h6-11,20,24,40H,1-5,12-19H2,(H,33,41)(H,32,34,35,36). The van der Waals surface area contributed by atoms with Crippen LogP contribution in [-0.2, 0) is 0 Å². The second-order valence-electron chi connectivity index (χ2n) is 11.1. The van der Waals surface area contributed by atoms with Gasteiger partial charge < -0.3 is 30.4 Å². The van der Waals surface area contributed by atoms with Crippen LogP contribution in [0.25, 0.3) is 0 Å². The predicted octanol–water partition coefficient (Wildman–Crippen LogP) is 5.28. The molecule has 0 spiro atoms. The number of amides is 1. The van der Waals surface area contributed by atoms with Gasteiger partial charge in [0.15, 0.2) is 0 Å². The highest BCUT2D eigenvalue weighted by molar-refractivity contribution is 6.30. The van der Waals surface area contributed by atoms with Crippen molar-refractivity contribution in [2.24, 2.45) is 0 Å². The molecule has 0 bridgehead atoms. The Kier molecular flexibility index (Phi) is 8.38. The van der Waals surface area contributed by atoms with E-state index in [0.717, 1.165) is 51.9 Å².